The van der Waals surface area contributed by atoms with Gasteiger partial charge in [-0.3, -0.25) is 0 Å². The number of benzene rings is 1. The van der Waals surface area contributed by atoms with Gasteiger partial charge < -0.3 is 14.4 Å². The summed E-state index contributed by atoms with van der Waals surface area (Å²) < 4.78 is 10.7. The second-order valence-corrected chi connectivity index (χ2v) is 4.56. The van der Waals surface area contributed by atoms with Crippen LogP contribution in [0, 0.1) is 11.3 Å². The van der Waals surface area contributed by atoms with Crippen molar-refractivity contribution < 1.29 is 9.47 Å². The molecule has 0 bridgehead atoms. The lowest BCUT2D eigenvalue weighted by Gasteiger charge is -2.18. The Morgan fingerprint density at radius 2 is 2.10 bits per heavy atom. The molecule has 1 aliphatic rings. The normalized spacial score (nSPS) is 12.0. The third kappa shape index (κ3) is 2.36. The molecule has 20 heavy (non-hydrogen) atoms. The zero-order valence-electron chi connectivity index (χ0n) is 11.0. The van der Waals surface area contributed by atoms with Crippen LogP contribution in [0.5, 0.6) is 11.5 Å². The summed E-state index contributed by atoms with van der Waals surface area (Å²) in [6.07, 6.45) is 1.57. The molecular weight excluding hydrogens is 254 g/mol. The van der Waals surface area contributed by atoms with E-state index in [2.05, 4.69) is 11.1 Å². The van der Waals surface area contributed by atoms with E-state index >= 15 is 0 Å². The molecular formula is C15H13N3O2. The zero-order chi connectivity index (χ0) is 13.9. The molecule has 5 heteroatoms. The Balaban J connectivity index is 1.75. The molecule has 1 aromatic carbocycles. The van der Waals surface area contributed by atoms with Crippen LogP contribution in [0.4, 0.5) is 5.82 Å². The van der Waals surface area contributed by atoms with Gasteiger partial charge in [0.05, 0.1) is 5.56 Å². The highest BCUT2D eigenvalue weighted by molar-refractivity contribution is 5.47. The van der Waals surface area contributed by atoms with E-state index in [4.69, 9.17) is 14.7 Å². The Labute approximate surface area is 117 Å². The topological polar surface area (TPSA) is 58.4 Å². The Bertz CT molecular complexity index is 662. The van der Waals surface area contributed by atoms with Gasteiger partial charge in [-0.05, 0) is 29.8 Å². The van der Waals surface area contributed by atoms with Crippen LogP contribution in [0.25, 0.3) is 0 Å². The number of hydrogen-bond donors (Lipinski definition) is 0. The fraction of sp³-hybridized carbons (Fsp3) is 0.200. The number of nitrogens with zero attached hydrogens (tertiary/aromatic N) is 3. The minimum atomic E-state index is 0.284. The molecule has 5 nitrogen and oxygen atoms in total. The van der Waals surface area contributed by atoms with Gasteiger partial charge in [0.15, 0.2) is 11.5 Å². The maximum atomic E-state index is 8.76. The molecule has 0 saturated carbocycles. The van der Waals surface area contributed by atoms with Crippen molar-refractivity contribution >= 4 is 5.82 Å². The van der Waals surface area contributed by atoms with E-state index in [0.29, 0.717) is 12.1 Å². The molecule has 0 saturated heterocycles. The van der Waals surface area contributed by atoms with E-state index in [9.17, 15) is 0 Å². The lowest BCUT2D eigenvalue weighted by atomic mass is 10.2. The van der Waals surface area contributed by atoms with Crippen molar-refractivity contribution in [1.29, 1.82) is 5.26 Å². The molecule has 1 aromatic heterocycles. The van der Waals surface area contributed by atoms with Gasteiger partial charge in [-0.1, -0.05) is 6.07 Å². The first-order valence-corrected chi connectivity index (χ1v) is 6.22. The van der Waals surface area contributed by atoms with Crippen LogP contribution >= 0.6 is 0 Å². The first-order chi connectivity index (χ1) is 9.76. The minimum Gasteiger partial charge on any atom is -0.454 e. The fourth-order valence-electron chi connectivity index (χ4n) is 2.07. The largest absolute Gasteiger partial charge is 0.454 e. The van der Waals surface area contributed by atoms with E-state index in [-0.39, 0.29) is 6.79 Å². The van der Waals surface area contributed by atoms with Gasteiger partial charge in [-0.2, -0.15) is 5.26 Å². The summed E-state index contributed by atoms with van der Waals surface area (Å²) >= 11 is 0. The lowest BCUT2D eigenvalue weighted by molar-refractivity contribution is 0.174. The molecule has 3 rings (SSSR count). The third-order valence-corrected chi connectivity index (χ3v) is 3.12. The van der Waals surface area contributed by atoms with Crippen LogP contribution in [-0.4, -0.2) is 18.8 Å². The molecule has 0 unspecified atom stereocenters. The monoisotopic (exact) mass is 267 g/mol. The first kappa shape index (κ1) is 12.3. The van der Waals surface area contributed by atoms with Gasteiger partial charge in [0.1, 0.15) is 11.9 Å². The molecule has 2 heterocycles. The van der Waals surface area contributed by atoms with Crippen LogP contribution in [-0.2, 0) is 6.54 Å². The van der Waals surface area contributed by atoms with Crippen molar-refractivity contribution in [1.82, 2.24) is 4.98 Å². The van der Waals surface area contributed by atoms with Gasteiger partial charge in [0.25, 0.3) is 0 Å². The van der Waals surface area contributed by atoms with Crippen molar-refractivity contribution in [2.24, 2.45) is 0 Å². The Hall–Kier alpha value is -2.74. The highest BCUT2D eigenvalue weighted by Crippen LogP contribution is 2.32. The molecule has 0 atom stereocenters. The van der Waals surface area contributed by atoms with E-state index in [0.717, 1.165) is 22.9 Å². The van der Waals surface area contributed by atoms with Crippen molar-refractivity contribution in [3.8, 4) is 17.6 Å². The van der Waals surface area contributed by atoms with Gasteiger partial charge >= 0.3 is 0 Å². The van der Waals surface area contributed by atoms with Crippen LogP contribution in [0.1, 0.15) is 11.1 Å². The first-order valence-electron chi connectivity index (χ1n) is 6.22. The summed E-state index contributed by atoms with van der Waals surface area (Å²) in [5, 5.41) is 8.76. The molecule has 100 valence electrons. The number of ether oxygens (including phenoxy) is 2. The predicted molar refractivity (Wildman–Crippen MR) is 73.6 cm³/mol. The van der Waals surface area contributed by atoms with Crippen LogP contribution < -0.4 is 14.4 Å². The van der Waals surface area contributed by atoms with E-state index in [1.807, 2.05) is 36.2 Å². The SMILES string of the molecule is CN(Cc1ccc2c(c1)OCO2)c1ccc(C#N)cn1. The number of rotatable bonds is 3. The van der Waals surface area contributed by atoms with Crippen LogP contribution in [0.2, 0.25) is 0 Å². The van der Waals surface area contributed by atoms with Crippen molar-refractivity contribution in [3.05, 3.63) is 47.7 Å². The summed E-state index contributed by atoms with van der Waals surface area (Å²) in [7, 11) is 1.96. The van der Waals surface area contributed by atoms with E-state index in [1.54, 1.807) is 12.3 Å². The summed E-state index contributed by atoms with van der Waals surface area (Å²) in [5.41, 5.74) is 1.67. The summed E-state index contributed by atoms with van der Waals surface area (Å²) in [4.78, 5) is 6.28. The van der Waals surface area contributed by atoms with E-state index < -0.39 is 0 Å². The van der Waals surface area contributed by atoms with Crippen LogP contribution in [0.15, 0.2) is 36.5 Å². The van der Waals surface area contributed by atoms with Crippen molar-refractivity contribution in [2.75, 3.05) is 18.7 Å². The molecule has 2 aromatic rings. The maximum Gasteiger partial charge on any atom is 0.231 e. The molecule has 0 radical (unpaired) electrons. The number of nitriles is 1. The summed E-state index contributed by atoms with van der Waals surface area (Å²) in [5.74, 6) is 2.39. The average Bonchev–Trinajstić information content (AvgIpc) is 2.95. The van der Waals surface area contributed by atoms with Gasteiger partial charge in [-0.25, -0.2) is 4.98 Å². The summed E-state index contributed by atoms with van der Waals surface area (Å²) in [6.45, 7) is 0.987. The van der Waals surface area contributed by atoms with Crippen molar-refractivity contribution in [2.45, 2.75) is 6.54 Å². The van der Waals surface area contributed by atoms with Gasteiger partial charge in [0, 0.05) is 19.8 Å². The molecule has 0 N–H and O–H groups in total. The molecule has 0 fully saturated rings. The standard InChI is InChI=1S/C15H13N3O2/c1-18(15-5-3-12(7-16)8-17-15)9-11-2-4-13-14(6-11)20-10-19-13/h2-6,8H,9-10H2,1H3. The number of anilines is 1. The fourth-order valence-corrected chi connectivity index (χ4v) is 2.07. The van der Waals surface area contributed by atoms with Gasteiger partial charge in [-0.15, -0.1) is 0 Å². The lowest BCUT2D eigenvalue weighted by Crippen LogP contribution is -2.17. The quantitative estimate of drug-likeness (QED) is 0.854. The minimum absolute atomic E-state index is 0.284. The van der Waals surface area contributed by atoms with Crippen molar-refractivity contribution in [3.63, 3.8) is 0 Å². The maximum absolute atomic E-state index is 8.76. The smallest absolute Gasteiger partial charge is 0.231 e. The molecule has 0 aliphatic carbocycles. The van der Waals surface area contributed by atoms with Crippen LogP contribution in [0.3, 0.4) is 0 Å². The predicted octanol–water partition coefficient (Wildman–Crippen LogP) is 2.32. The highest BCUT2D eigenvalue weighted by Gasteiger charge is 2.14. The van der Waals surface area contributed by atoms with E-state index in [1.165, 1.54) is 0 Å². The second kappa shape index (κ2) is 5.10. The zero-order valence-corrected chi connectivity index (χ0v) is 11.0. The molecule has 1 aliphatic heterocycles. The Kier molecular flexibility index (Phi) is 3.13. The van der Waals surface area contributed by atoms with Gasteiger partial charge in [0.2, 0.25) is 6.79 Å². The number of aromatic nitrogens is 1. The Morgan fingerprint density at radius 1 is 1.25 bits per heavy atom. The average molecular weight is 267 g/mol. The third-order valence-electron chi connectivity index (χ3n) is 3.12. The number of fused-ring (bicyclic) bond motifs is 1. The highest BCUT2D eigenvalue weighted by atomic mass is 16.7. The second-order valence-electron chi connectivity index (χ2n) is 4.56. The molecule has 0 spiro atoms. The number of hydrogen-bond acceptors (Lipinski definition) is 5. The number of pyridine rings is 1. The summed E-state index contributed by atoms with van der Waals surface area (Å²) in [6, 6.07) is 11.6. The molecule has 0 amide bonds. The Morgan fingerprint density at radius 3 is 2.85 bits per heavy atom.